The topological polar surface area (TPSA) is 67.9 Å². The van der Waals surface area contributed by atoms with Gasteiger partial charge in [0.25, 0.3) is 0 Å². The van der Waals surface area contributed by atoms with Crippen LogP contribution in [0.25, 0.3) is 0 Å². The van der Waals surface area contributed by atoms with Gasteiger partial charge in [0, 0.05) is 26.6 Å². The molecular weight excluding hydrogens is 308 g/mol. The van der Waals surface area contributed by atoms with Crippen LogP contribution in [0.4, 0.5) is 5.69 Å². The lowest BCUT2D eigenvalue weighted by molar-refractivity contribution is -0.138. The smallest absolute Gasteiger partial charge is 0.248 e. The minimum absolute atomic E-state index is 0.0135. The Morgan fingerprint density at radius 2 is 2.17 bits per heavy atom. The molecule has 3 rings (SSSR count). The minimum Gasteiger partial charge on any atom is -0.491 e. The molecule has 1 N–H and O–H groups in total. The molecule has 1 fully saturated rings. The Hall–Kier alpha value is -2.08. The van der Waals surface area contributed by atoms with E-state index in [1.807, 2.05) is 29.2 Å². The Morgan fingerprint density at radius 1 is 1.33 bits per heavy atom. The van der Waals surface area contributed by atoms with Crippen molar-refractivity contribution in [1.82, 2.24) is 4.90 Å². The second kappa shape index (κ2) is 7.66. The van der Waals surface area contributed by atoms with E-state index in [9.17, 15) is 9.59 Å². The zero-order valence-electron chi connectivity index (χ0n) is 14.0. The summed E-state index contributed by atoms with van der Waals surface area (Å²) in [4.78, 5) is 26.3. The molecule has 0 radical (unpaired) electrons. The van der Waals surface area contributed by atoms with E-state index in [0.29, 0.717) is 31.9 Å². The number of hydrogen-bond donors (Lipinski definition) is 1. The number of carbonyl (C=O) groups excluding carboxylic acids is 2. The molecule has 24 heavy (non-hydrogen) atoms. The SMILES string of the molecule is COCC(=O)N1CC[C@H]2CC(=O)Nc3ccccc3OCC[C@H]2C1. The fraction of sp³-hybridized carbons (Fsp3) is 0.556. The van der Waals surface area contributed by atoms with Crippen molar-refractivity contribution in [3.8, 4) is 5.75 Å². The summed E-state index contributed by atoms with van der Waals surface area (Å²) in [5.41, 5.74) is 0.730. The predicted molar refractivity (Wildman–Crippen MR) is 89.9 cm³/mol. The van der Waals surface area contributed by atoms with Crippen LogP contribution < -0.4 is 10.1 Å². The summed E-state index contributed by atoms with van der Waals surface area (Å²) in [5, 5.41) is 2.95. The maximum absolute atomic E-state index is 12.4. The summed E-state index contributed by atoms with van der Waals surface area (Å²) in [6, 6.07) is 7.50. The fourth-order valence-corrected chi connectivity index (χ4v) is 3.57. The molecule has 0 bridgehead atoms. The average molecular weight is 332 g/mol. The molecule has 130 valence electrons. The van der Waals surface area contributed by atoms with E-state index in [4.69, 9.17) is 9.47 Å². The van der Waals surface area contributed by atoms with E-state index < -0.39 is 0 Å². The lowest BCUT2D eigenvalue weighted by Gasteiger charge is -2.39. The van der Waals surface area contributed by atoms with E-state index in [2.05, 4.69) is 5.32 Å². The number of hydrogen-bond acceptors (Lipinski definition) is 4. The first-order valence-corrected chi connectivity index (χ1v) is 8.45. The molecule has 0 spiro atoms. The first-order chi connectivity index (χ1) is 11.7. The maximum atomic E-state index is 12.4. The van der Waals surface area contributed by atoms with Crippen LogP contribution in [0, 0.1) is 11.8 Å². The second-order valence-electron chi connectivity index (χ2n) is 6.47. The molecule has 6 nitrogen and oxygen atoms in total. The van der Waals surface area contributed by atoms with Crippen molar-refractivity contribution in [2.24, 2.45) is 11.8 Å². The van der Waals surface area contributed by atoms with Crippen LogP contribution in [0.5, 0.6) is 5.75 Å². The molecule has 2 aliphatic heterocycles. The van der Waals surface area contributed by atoms with Crippen LogP contribution in [-0.4, -0.2) is 50.1 Å². The van der Waals surface area contributed by atoms with Gasteiger partial charge in [0.1, 0.15) is 12.4 Å². The highest BCUT2D eigenvalue weighted by Crippen LogP contribution is 2.32. The number of piperidine rings is 1. The van der Waals surface area contributed by atoms with E-state index in [1.165, 1.54) is 7.11 Å². The highest BCUT2D eigenvalue weighted by atomic mass is 16.5. The molecule has 0 saturated carbocycles. The van der Waals surface area contributed by atoms with Gasteiger partial charge in [-0.15, -0.1) is 0 Å². The number of fused-ring (bicyclic) bond motifs is 2. The quantitative estimate of drug-likeness (QED) is 0.898. The van der Waals surface area contributed by atoms with Gasteiger partial charge in [-0.05, 0) is 36.8 Å². The first-order valence-electron chi connectivity index (χ1n) is 8.45. The standard InChI is InChI=1S/C18H24N2O4/c1-23-12-18(22)20-8-6-13-10-17(21)19-15-4-2-3-5-16(15)24-9-7-14(13)11-20/h2-5,13-14H,6-12H2,1H3,(H,19,21)/t13-,14-/m0/s1. The summed E-state index contributed by atoms with van der Waals surface area (Å²) in [6.45, 7) is 2.06. The third-order valence-electron chi connectivity index (χ3n) is 4.87. The third-order valence-corrected chi connectivity index (χ3v) is 4.87. The number of rotatable bonds is 2. The summed E-state index contributed by atoms with van der Waals surface area (Å²) >= 11 is 0. The van der Waals surface area contributed by atoms with Gasteiger partial charge in [-0.1, -0.05) is 12.1 Å². The molecule has 1 aromatic rings. The summed E-state index contributed by atoms with van der Waals surface area (Å²) < 4.78 is 10.8. The average Bonchev–Trinajstić information content (AvgIpc) is 2.57. The lowest BCUT2D eigenvalue weighted by Crippen LogP contribution is -2.46. The Balaban J connectivity index is 1.71. The van der Waals surface area contributed by atoms with Gasteiger partial charge < -0.3 is 19.7 Å². The van der Waals surface area contributed by atoms with Gasteiger partial charge in [-0.3, -0.25) is 9.59 Å². The summed E-state index contributed by atoms with van der Waals surface area (Å²) in [5.74, 6) is 1.29. The van der Waals surface area contributed by atoms with Gasteiger partial charge in [-0.2, -0.15) is 0 Å². The molecule has 6 heteroatoms. The molecule has 0 aromatic heterocycles. The number of ether oxygens (including phenoxy) is 2. The maximum Gasteiger partial charge on any atom is 0.248 e. The number of benzene rings is 1. The second-order valence-corrected chi connectivity index (χ2v) is 6.47. The van der Waals surface area contributed by atoms with E-state index in [-0.39, 0.29) is 30.3 Å². The minimum atomic E-state index is 0.0135. The first kappa shape index (κ1) is 16.8. The third kappa shape index (κ3) is 3.87. The molecule has 2 aliphatic rings. The van der Waals surface area contributed by atoms with Crippen LogP contribution in [0.1, 0.15) is 19.3 Å². The van der Waals surface area contributed by atoms with Gasteiger partial charge in [0.05, 0.1) is 12.3 Å². The van der Waals surface area contributed by atoms with Gasteiger partial charge >= 0.3 is 0 Å². The van der Waals surface area contributed by atoms with Crippen molar-refractivity contribution >= 4 is 17.5 Å². The van der Waals surface area contributed by atoms with Crippen molar-refractivity contribution in [2.45, 2.75) is 19.3 Å². The van der Waals surface area contributed by atoms with Crippen molar-refractivity contribution < 1.29 is 19.1 Å². The van der Waals surface area contributed by atoms with Crippen LogP contribution in [0.15, 0.2) is 24.3 Å². The molecule has 2 heterocycles. The van der Waals surface area contributed by atoms with Gasteiger partial charge in [0.15, 0.2) is 0 Å². The predicted octanol–water partition coefficient (Wildman–Crippen LogP) is 1.91. The Kier molecular flexibility index (Phi) is 5.35. The number of likely N-dealkylation sites (tertiary alicyclic amines) is 1. The monoisotopic (exact) mass is 332 g/mol. The summed E-state index contributed by atoms with van der Waals surface area (Å²) in [6.07, 6.45) is 2.17. The fourth-order valence-electron chi connectivity index (χ4n) is 3.57. The van der Waals surface area contributed by atoms with Crippen molar-refractivity contribution in [3.63, 3.8) is 0 Å². The lowest BCUT2D eigenvalue weighted by atomic mass is 9.81. The molecule has 1 saturated heterocycles. The highest BCUT2D eigenvalue weighted by molar-refractivity contribution is 5.92. The van der Waals surface area contributed by atoms with Crippen LogP contribution in [0.2, 0.25) is 0 Å². The number of nitrogens with zero attached hydrogens (tertiary/aromatic N) is 1. The molecule has 2 amide bonds. The van der Waals surface area contributed by atoms with Crippen molar-refractivity contribution in [1.29, 1.82) is 0 Å². The molecule has 0 unspecified atom stereocenters. The van der Waals surface area contributed by atoms with Crippen LogP contribution in [0.3, 0.4) is 0 Å². The highest BCUT2D eigenvalue weighted by Gasteiger charge is 2.33. The molecule has 1 aromatic carbocycles. The number of amides is 2. The number of nitrogens with one attached hydrogen (secondary N) is 1. The van der Waals surface area contributed by atoms with E-state index in [1.54, 1.807) is 0 Å². The van der Waals surface area contributed by atoms with Crippen LogP contribution >= 0.6 is 0 Å². The van der Waals surface area contributed by atoms with Crippen molar-refractivity contribution in [3.05, 3.63) is 24.3 Å². The molecule has 0 aliphatic carbocycles. The summed E-state index contributed by atoms with van der Waals surface area (Å²) in [7, 11) is 1.53. The normalized spacial score (nSPS) is 24.2. The Bertz CT molecular complexity index is 604. The van der Waals surface area contributed by atoms with E-state index in [0.717, 1.165) is 18.5 Å². The molecular formula is C18H24N2O4. The largest absolute Gasteiger partial charge is 0.491 e. The van der Waals surface area contributed by atoms with Crippen LogP contribution in [-0.2, 0) is 14.3 Å². The Labute approximate surface area is 142 Å². The zero-order valence-corrected chi connectivity index (χ0v) is 14.0. The Morgan fingerprint density at radius 3 is 3.00 bits per heavy atom. The number of anilines is 1. The number of carbonyl (C=O) groups is 2. The number of methoxy groups -OCH3 is 1. The van der Waals surface area contributed by atoms with Gasteiger partial charge in [-0.25, -0.2) is 0 Å². The van der Waals surface area contributed by atoms with Gasteiger partial charge in [0.2, 0.25) is 11.8 Å². The zero-order chi connectivity index (χ0) is 16.9. The van der Waals surface area contributed by atoms with Crippen molar-refractivity contribution in [2.75, 3.05) is 38.7 Å². The van der Waals surface area contributed by atoms with E-state index >= 15 is 0 Å². The number of para-hydroxylation sites is 2. The molecule has 2 atom stereocenters.